The van der Waals surface area contributed by atoms with Gasteiger partial charge in [-0.25, -0.2) is 4.98 Å². The van der Waals surface area contributed by atoms with Crippen LogP contribution in [0.25, 0.3) is 5.65 Å². The fourth-order valence-electron chi connectivity index (χ4n) is 1.89. The van der Waals surface area contributed by atoms with E-state index in [0.717, 1.165) is 35.1 Å². The molecule has 0 aliphatic carbocycles. The van der Waals surface area contributed by atoms with Gasteiger partial charge in [-0.3, -0.25) is 4.79 Å². The molecule has 1 N–H and O–H groups in total. The maximum absolute atomic E-state index is 11.5. The number of amides is 1. The summed E-state index contributed by atoms with van der Waals surface area (Å²) in [5.41, 5.74) is 1.92. The molecule has 0 unspecified atom stereocenters. The molecule has 2 heterocycles. The van der Waals surface area contributed by atoms with Gasteiger partial charge in [0.05, 0.1) is 5.69 Å². The summed E-state index contributed by atoms with van der Waals surface area (Å²) in [7, 11) is 0. The van der Waals surface area contributed by atoms with E-state index in [1.54, 1.807) is 0 Å². The summed E-state index contributed by atoms with van der Waals surface area (Å²) < 4.78 is 3.01. The van der Waals surface area contributed by atoms with Crippen LogP contribution in [0, 0.1) is 0 Å². The van der Waals surface area contributed by atoms with Crippen LogP contribution in [-0.2, 0) is 11.2 Å². The van der Waals surface area contributed by atoms with Crippen LogP contribution in [-0.4, -0.2) is 21.8 Å². The predicted octanol–water partition coefficient (Wildman–Crippen LogP) is 2.95. The van der Waals surface area contributed by atoms with Crippen molar-refractivity contribution >= 4 is 27.5 Å². The molecule has 0 aromatic carbocycles. The van der Waals surface area contributed by atoms with Crippen LogP contribution in [0.5, 0.6) is 0 Å². The van der Waals surface area contributed by atoms with Gasteiger partial charge in [-0.2, -0.15) is 0 Å². The van der Waals surface area contributed by atoms with Gasteiger partial charge in [-0.1, -0.05) is 13.3 Å². The number of rotatable bonds is 6. The molecule has 4 nitrogen and oxygen atoms in total. The fraction of sp³-hybridized carbons (Fsp3) is 0.429. The highest BCUT2D eigenvalue weighted by atomic mass is 79.9. The number of nitrogens with one attached hydrogen (secondary N) is 1. The van der Waals surface area contributed by atoms with E-state index in [1.807, 2.05) is 28.9 Å². The average molecular weight is 324 g/mol. The van der Waals surface area contributed by atoms with Crippen molar-refractivity contribution in [3.05, 3.63) is 34.7 Å². The number of carbonyl (C=O) groups is 1. The molecule has 0 aliphatic heterocycles. The average Bonchev–Trinajstić information content (AvgIpc) is 2.78. The van der Waals surface area contributed by atoms with Gasteiger partial charge >= 0.3 is 0 Å². The second-order valence-corrected chi connectivity index (χ2v) is 5.46. The molecule has 0 aliphatic rings. The monoisotopic (exact) mass is 323 g/mol. The number of hydrogen-bond donors (Lipinski definition) is 1. The van der Waals surface area contributed by atoms with E-state index in [0.29, 0.717) is 13.0 Å². The first-order valence-electron chi connectivity index (χ1n) is 6.59. The van der Waals surface area contributed by atoms with Crippen LogP contribution in [0.15, 0.2) is 29.0 Å². The molecule has 102 valence electrons. The maximum atomic E-state index is 11.5. The molecule has 1 amide bonds. The van der Waals surface area contributed by atoms with Gasteiger partial charge in [-0.15, -0.1) is 0 Å². The highest BCUT2D eigenvalue weighted by Gasteiger charge is 2.03. The Morgan fingerprint density at radius 2 is 2.26 bits per heavy atom. The number of aromatic nitrogens is 2. The van der Waals surface area contributed by atoms with Crippen molar-refractivity contribution in [2.24, 2.45) is 0 Å². The van der Waals surface area contributed by atoms with Crippen molar-refractivity contribution in [1.29, 1.82) is 0 Å². The van der Waals surface area contributed by atoms with Crippen LogP contribution < -0.4 is 5.32 Å². The lowest BCUT2D eigenvalue weighted by Crippen LogP contribution is -2.25. The lowest BCUT2D eigenvalue weighted by Gasteiger charge is -2.02. The zero-order valence-corrected chi connectivity index (χ0v) is 12.6. The first-order valence-corrected chi connectivity index (χ1v) is 7.38. The van der Waals surface area contributed by atoms with Crippen LogP contribution in [0.1, 0.15) is 31.9 Å². The highest BCUT2D eigenvalue weighted by Crippen LogP contribution is 2.12. The third-order valence-corrected chi connectivity index (χ3v) is 3.39. The standard InChI is InChI=1S/C14H18BrN3O/c1-2-3-4-14(19)16-8-7-12-10-18-9-11(15)5-6-13(18)17-12/h5-6,9-10H,2-4,7-8H2,1H3,(H,16,19). The number of halogens is 1. The summed E-state index contributed by atoms with van der Waals surface area (Å²) in [6, 6.07) is 3.94. The lowest BCUT2D eigenvalue weighted by atomic mass is 10.2. The molecule has 0 atom stereocenters. The Labute approximate surface area is 121 Å². The summed E-state index contributed by atoms with van der Waals surface area (Å²) in [6.07, 6.45) is 7.36. The van der Waals surface area contributed by atoms with Gasteiger partial charge in [0.25, 0.3) is 0 Å². The van der Waals surface area contributed by atoms with Gasteiger partial charge in [0.2, 0.25) is 5.91 Å². The van der Waals surface area contributed by atoms with E-state index in [9.17, 15) is 4.79 Å². The molecule has 0 saturated heterocycles. The molecule has 0 saturated carbocycles. The molecule has 0 fully saturated rings. The number of nitrogens with zero attached hydrogens (tertiary/aromatic N) is 2. The quantitative estimate of drug-likeness (QED) is 0.888. The number of pyridine rings is 1. The maximum Gasteiger partial charge on any atom is 0.220 e. The Hall–Kier alpha value is -1.36. The number of fused-ring (bicyclic) bond motifs is 1. The van der Waals surface area contributed by atoms with E-state index in [4.69, 9.17) is 0 Å². The molecule has 5 heteroatoms. The lowest BCUT2D eigenvalue weighted by molar-refractivity contribution is -0.121. The minimum atomic E-state index is 0.133. The Morgan fingerprint density at radius 1 is 1.42 bits per heavy atom. The summed E-state index contributed by atoms with van der Waals surface area (Å²) in [6.45, 7) is 2.73. The molecule has 2 rings (SSSR count). The van der Waals surface area contributed by atoms with Crippen LogP contribution in [0.4, 0.5) is 0 Å². The summed E-state index contributed by atoms with van der Waals surface area (Å²) in [4.78, 5) is 16.0. The molecule has 2 aromatic heterocycles. The summed E-state index contributed by atoms with van der Waals surface area (Å²) >= 11 is 3.43. The Bertz CT molecular complexity index is 565. The zero-order chi connectivity index (χ0) is 13.7. The van der Waals surface area contributed by atoms with E-state index in [1.165, 1.54) is 0 Å². The Kier molecular flexibility index (Phi) is 4.96. The predicted molar refractivity (Wildman–Crippen MR) is 79.1 cm³/mol. The van der Waals surface area contributed by atoms with E-state index in [-0.39, 0.29) is 5.91 Å². The smallest absolute Gasteiger partial charge is 0.220 e. The van der Waals surface area contributed by atoms with E-state index >= 15 is 0 Å². The second-order valence-electron chi connectivity index (χ2n) is 4.55. The largest absolute Gasteiger partial charge is 0.356 e. The number of carbonyl (C=O) groups excluding carboxylic acids is 1. The van der Waals surface area contributed by atoms with Gasteiger partial charge in [0, 0.05) is 36.3 Å². The molecule has 19 heavy (non-hydrogen) atoms. The number of imidazole rings is 1. The number of hydrogen-bond acceptors (Lipinski definition) is 2. The molecule has 0 bridgehead atoms. The molecule has 0 radical (unpaired) electrons. The zero-order valence-electron chi connectivity index (χ0n) is 11.0. The van der Waals surface area contributed by atoms with E-state index < -0.39 is 0 Å². The van der Waals surface area contributed by atoms with E-state index in [2.05, 4.69) is 33.2 Å². The molecule has 2 aromatic rings. The highest BCUT2D eigenvalue weighted by molar-refractivity contribution is 9.10. The van der Waals surface area contributed by atoms with Crippen molar-refractivity contribution in [3.8, 4) is 0 Å². The van der Waals surface area contributed by atoms with Crippen molar-refractivity contribution in [2.45, 2.75) is 32.6 Å². The van der Waals surface area contributed by atoms with Crippen LogP contribution in [0.3, 0.4) is 0 Å². The third-order valence-electron chi connectivity index (χ3n) is 2.93. The third kappa shape index (κ3) is 4.06. The first kappa shape index (κ1) is 14.1. The van der Waals surface area contributed by atoms with Gasteiger partial charge in [-0.05, 0) is 34.5 Å². The summed E-state index contributed by atoms with van der Waals surface area (Å²) in [5.74, 6) is 0.133. The van der Waals surface area contributed by atoms with Crippen LogP contribution >= 0.6 is 15.9 Å². The van der Waals surface area contributed by atoms with Crippen molar-refractivity contribution in [3.63, 3.8) is 0 Å². The Balaban J connectivity index is 1.86. The fourth-order valence-corrected chi connectivity index (χ4v) is 2.25. The van der Waals surface area contributed by atoms with Crippen molar-refractivity contribution < 1.29 is 4.79 Å². The minimum Gasteiger partial charge on any atom is -0.356 e. The molecule has 0 spiro atoms. The second kappa shape index (κ2) is 6.70. The Morgan fingerprint density at radius 3 is 3.05 bits per heavy atom. The van der Waals surface area contributed by atoms with Gasteiger partial charge < -0.3 is 9.72 Å². The molecular formula is C14H18BrN3O. The minimum absolute atomic E-state index is 0.133. The topological polar surface area (TPSA) is 46.4 Å². The normalized spacial score (nSPS) is 10.8. The SMILES string of the molecule is CCCCC(=O)NCCc1cn2cc(Br)ccc2n1. The first-order chi connectivity index (χ1) is 9.19. The van der Waals surface area contributed by atoms with Crippen molar-refractivity contribution in [2.75, 3.05) is 6.54 Å². The number of unbranched alkanes of at least 4 members (excludes halogenated alkanes) is 1. The molecular weight excluding hydrogens is 306 g/mol. The van der Waals surface area contributed by atoms with Gasteiger partial charge in [0.1, 0.15) is 5.65 Å². The van der Waals surface area contributed by atoms with Crippen LogP contribution in [0.2, 0.25) is 0 Å². The van der Waals surface area contributed by atoms with Gasteiger partial charge in [0.15, 0.2) is 0 Å². The van der Waals surface area contributed by atoms with Crippen molar-refractivity contribution in [1.82, 2.24) is 14.7 Å². The summed E-state index contributed by atoms with van der Waals surface area (Å²) in [5, 5.41) is 2.92.